The molecule has 0 radical (unpaired) electrons. The average molecular weight is 316 g/mol. The first-order valence-electron chi connectivity index (χ1n) is 4.58. The van der Waals surface area contributed by atoms with Gasteiger partial charge in [-0.2, -0.15) is 0 Å². The van der Waals surface area contributed by atoms with Crippen LogP contribution in [0.3, 0.4) is 0 Å². The van der Waals surface area contributed by atoms with Gasteiger partial charge in [-0.25, -0.2) is 9.97 Å². The molecule has 2 aromatic rings. The predicted molar refractivity (Wildman–Crippen MR) is 70.0 cm³/mol. The van der Waals surface area contributed by atoms with E-state index in [1.54, 1.807) is 18.0 Å². The Hall–Kier alpha value is -0.580. The number of rotatable bonds is 2. The molecule has 0 spiro atoms. The summed E-state index contributed by atoms with van der Waals surface area (Å²) in [7, 11) is 0. The molecule has 0 unspecified atom stereocenters. The lowest BCUT2D eigenvalue weighted by Crippen LogP contribution is -1.89. The summed E-state index contributed by atoms with van der Waals surface area (Å²) in [6.45, 7) is 1.97. The largest absolute Gasteiger partial charge is 0.226 e. The van der Waals surface area contributed by atoms with E-state index in [1.807, 2.05) is 31.2 Å². The molecule has 0 N–H and O–H groups in total. The fourth-order valence-corrected chi connectivity index (χ4v) is 2.41. The van der Waals surface area contributed by atoms with Crippen molar-refractivity contribution in [1.82, 2.24) is 9.97 Å². The van der Waals surface area contributed by atoms with Crippen molar-refractivity contribution < 1.29 is 0 Å². The van der Waals surface area contributed by atoms with Gasteiger partial charge in [0.1, 0.15) is 5.03 Å². The molecule has 0 amide bonds. The Morgan fingerprint density at radius 1 is 1.25 bits per heavy atom. The van der Waals surface area contributed by atoms with Crippen molar-refractivity contribution in [1.29, 1.82) is 0 Å². The molecule has 0 aliphatic heterocycles. The van der Waals surface area contributed by atoms with E-state index in [-0.39, 0.29) is 5.28 Å². The van der Waals surface area contributed by atoms with Crippen LogP contribution in [-0.4, -0.2) is 9.97 Å². The van der Waals surface area contributed by atoms with E-state index in [0.29, 0.717) is 0 Å². The highest BCUT2D eigenvalue weighted by molar-refractivity contribution is 9.10. The second-order valence-corrected chi connectivity index (χ2v) is 5.50. The lowest BCUT2D eigenvalue weighted by molar-refractivity contribution is 1.00. The zero-order chi connectivity index (χ0) is 11.5. The normalized spacial score (nSPS) is 10.4. The number of halogens is 2. The van der Waals surface area contributed by atoms with Gasteiger partial charge in [0.2, 0.25) is 5.28 Å². The Kier molecular flexibility index (Phi) is 3.84. The van der Waals surface area contributed by atoms with Crippen molar-refractivity contribution in [3.8, 4) is 0 Å². The van der Waals surface area contributed by atoms with Crippen molar-refractivity contribution in [2.75, 3.05) is 0 Å². The fraction of sp³-hybridized carbons (Fsp3) is 0.0909. The van der Waals surface area contributed by atoms with E-state index in [0.717, 1.165) is 20.0 Å². The zero-order valence-corrected chi connectivity index (χ0v) is 11.6. The van der Waals surface area contributed by atoms with Crippen molar-refractivity contribution in [2.45, 2.75) is 16.8 Å². The highest BCUT2D eigenvalue weighted by Gasteiger charge is 2.04. The number of aromatic nitrogens is 2. The van der Waals surface area contributed by atoms with Crippen LogP contribution >= 0.6 is 39.3 Å². The number of hydrogen-bond acceptors (Lipinski definition) is 3. The number of nitrogens with zero attached hydrogens (tertiary/aromatic N) is 2. The predicted octanol–water partition coefficient (Wildman–Crippen LogP) is 4.35. The maximum Gasteiger partial charge on any atom is 0.223 e. The standard InChI is InChI=1S/C11H8BrClN2S/c1-7-6-14-11(13)15-10(7)16-9-4-2-8(12)3-5-9/h2-6H,1H3. The van der Waals surface area contributed by atoms with Gasteiger partial charge in [-0.05, 0) is 42.8 Å². The minimum Gasteiger partial charge on any atom is -0.226 e. The molecular formula is C11H8BrClN2S. The third kappa shape index (κ3) is 2.97. The molecule has 1 heterocycles. The molecule has 0 saturated carbocycles. The zero-order valence-electron chi connectivity index (χ0n) is 8.45. The lowest BCUT2D eigenvalue weighted by Gasteiger charge is -2.04. The Balaban J connectivity index is 2.26. The molecule has 0 aliphatic carbocycles. The summed E-state index contributed by atoms with van der Waals surface area (Å²) in [5, 5.41) is 1.17. The Labute approximate surface area is 112 Å². The van der Waals surface area contributed by atoms with Gasteiger partial charge >= 0.3 is 0 Å². The first-order valence-corrected chi connectivity index (χ1v) is 6.56. The monoisotopic (exact) mass is 314 g/mol. The third-order valence-corrected chi connectivity index (χ3v) is 3.75. The first-order chi connectivity index (χ1) is 7.65. The molecule has 0 atom stereocenters. The Morgan fingerprint density at radius 3 is 2.62 bits per heavy atom. The SMILES string of the molecule is Cc1cnc(Cl)nc1Sc1ccc(Br)cc1. The minimum atomic E-state index is 0.283. The van der Waals surface area contributed by atoms with Crippen molar-refractivity contribution in [3.05, 3.63) is 45.8 Å². The van der Waals surface area contributed by atoms with E-state index >= 15 is 0 Å². The number of aryl methyl sites for hydroxylation is 1. The van der Waals surface area contributed by atoms with Crippen LogP contribution in [0.1, 0.15) is 5.56 Å². The van der Waals surface area contributed by atoms with Gasteiger partial charge in [0.05, 0.1) is 0 Å². The van der Waals surface area contributed by atoms with Gasteiger partial charge < -0.3 is 0 Å². The molecule has 1 aromatic heterocycles. The molecule has 0 fully saturated rings. The molecule has 82 valence electrons. The number of hydrogen-bond donors (Lipinski definition) is 0. The summed E-state index contributed by atoms with van der Waals surface area (Å²) < 4.78 is 1.06. The molecule has 5 heteroatoms. The van der Waals surface area contributed by atoms with Crippen LogP contribution in [0.4, 0.5) is 0 Å². The van der Waals surface area contributed by atoms with Gasteiger partial charge in [-0.3, -0.25) is 0 Å². The summed E-state index contributed by atoms with van der Waals surface area (Å²) in [4.78, 5) is 9.25. The van der Waals surface area contributed by atoms with Gasteiger partial charge in [0.25, 0.3) is 0 Å². The first kappa shape index (κ1) is 11.9. The summed E-state index contributed by atoms with van der Waals surface area (Å²) in [5.74, 6) is 0. The second kappa shape index (κ2) is 5.17. The number of benzene rings is 1. The molecular weight excluding hydrogens is 308 g/mol. The van der Waals surface area contributed by atoms with Crippen LogP contribution in [0.25, 0.3) is 0 Å². The summed E-state index contributed by atoms with van der Waals surface area (Å²) in [5.41, 5.74) is 1.03. The van der Waals surface area contributed by atoms with Crippen LogP contribution < -0.4 is 0 Å². The summed E-state index contributed by atoms with van der Waals surface area (Å²) >= 11 is 10.7. The average Bonchev–Trinajstić information content (AvgIpc) is 2.27. The van der Waals surface area contributed by atoms with E-state index < -0.39 is 0 Å². The molecule has 1 aromatic carbocycles. The Bertz CT molecular complexity index is 502. The van der Waals surface area contributed by atoms with E-state index in [4.69, 9.17) is 11.6 Å². The molecule has 0 aliphatic rings. The smallest absolute Gasteiger partial charge is 0.223 e. The quantitative estimate of drug-likeness (QED) is 0.608. The van der Waals surface area contributed by atoms with Gasteiger partial charge in [-0.15, -0.1) is 0 Å². The topological polar surface area (TPSA) is 25.8 Å². The van der Waals surface area contributed by atoms with Crippen LogP contribution in [0.15, 0.2) is 44.9 Å². The van der Waals surface area contributed by atoms with Crippen LogP contribution in [0.2, 0.25) is 5.28 Å². The van der Waals surface area contributed by atoms with Crippen LogP contribution in [0, 0.1) is 6.92 Å². The second-order valence-electron chi connectivity index (χ2n) is 3.18. The Morgan fingerprint density at radius 2 is 1.94 bits per heavy atom. The summed E-state index contributed by atoms with van der Waals surface area (Å²) in [6.07, 6.45) is 1.73. The molecule has 2 nitrogen and oxygen atoms in total. The van der Waals surface area contributed by atoms with E-state index in [2.05, 4.69) is 25.9 Å². The van der Waals surface area contributed by atoms with Crippen molar-refractivity contribution in [2.24, 2.45) is 0 Å². The summed E-state index contributed by atoms with van der Waals surface area (Å²) in [6, 6.07) is 8.06. The van der Waals surface area contributed by atoms with Crippen molar-refractivity contribution in [3.63, 3.8) is 0 Å². The molecule has 2 rings (SSSR count). The molecule has 0 saturated heterocycles. The lowest BCUT2D eigenvalue weighted by atomic mass is 10.4. The van der Waals surface area contributed by atoms with Gasteiger partial charge in [-0.1, -0.05) is 27.7 Å². The van der Waals surface area contributed by atoms with Crippen molar-refractivity contribution >= 4 is 39.3 Å². The minimum absolute atomic E-state index is 0.283. The molecule has 0 bridgehead atoms. The maximum absolute atomic E-state index is 5.77. The van der Waals surface area contributed by atoms with Gasteiger partial charge in [0.15, 0.2) is 0 Å². The highest BCUT2D eigenvalue weighted by Crippen LogP contribution is 2.29. The van der Waals surface area contributed by atoms with Gasteiger partial charge in [0, 0.05) is 21.1 Å². The fourth-order valence-electron chi connectivity index (χ4n) is 1.12. The van der Waals surface area contributed by atoms with Crippen LogP contribution in [0.5, 0.6) is 0 Å². The van der Waals surface area contributed by atoms with Crippen LogP contribution in [-0.2, 0) is 0 Å². The molecule has 16 heavy (non-hydrogen) atoms. The third-order valence-electron chi connectivity index (χ3n) is 1.92. The highest BCUT2D eigenvalue weighted by atomic mass is 79.9. The van der Waals surface area contributed by atoms with E-state index in [1.165, 1.54) is 0 Å². The van der Waals surface area contributed by atoms with E-state index in [9.17, 15) is 0 Å². The maximum atomic E-state index is 5.77.